The molecular formula is C8H16NO3P. The van der Waals surface area contributed by atoms with E-state index in [1.807, 2.05) is 6.92 Å². The van der Waals surface area contributed by atoms with Gasteiger partial charge in [-0.15, -0.1) is 6.58 Å². The van der Waals surface area contributed by atoms with Gasteiger partial charge in [-0.1, -0.05) is 6.08 Å². The molecule has 0 saturated carbocycles. The number of hydrogen-bond acceptors (Lipinski definition) is 3. The van der Waals surface area contributed by atoms with Gasteiger partial charge in [-0.2, -0.15) is 0 Å². The van der Waals surface area contributed by atoms with Crippen LogP contribution in [0.3, 0.4) is 0 Å². The highest BCUT2D eigenvalue weighted by atomic mass is 31.2. The van der Waals surface area contributed by atoms with Crippen molar-refractivity contribution >= 4 is 7.52 Å². The first-order chi connectivity index (χ1) is 6.08. The lowest BCUT2D eigenvalue weighted by molar-refractivity contribution is 0.148. The molecule has 0 aromatic heterocycles. The number of nitrogens with one attached hydrogen (secondary N) is 1. The molecule has 1 aliphatic rings. The van der Waals surface area contributed by atoms with Gasteiger partial charge in [-0.05, 0) is 13.3 Å². The fraction of sp³-hybridized carbons (Fsp3) is 0.750. The number of aliphatic hydroxyl groups is 1. The second-order valence-electron chi connectivity index (χ2n) is 3.21. The van der Waals surface area contributed by atoms with Crippen molar-refractivity contribution in [3.8, 4) is 0 Å². The van der Waals surface area contributed by atoms with Crippen LogP contribution in [0.1, 0.15) is 19.8 Å². The number of hydrogen-bond donors (Lipinski definition) is 2. The monoisotopic (exact) mass is 205 g/mol. The summed E-state index contributed by atoms with van der Waals surface area (Å²) >= 11 is 0. The molecule has 5 heteroatoms. The molecule has 0 bridgehead atoms. The SMILES string of the molecule is C=CC[C@@H](O)[P@]1(=O)NCC[C@H](C)O1. The van der Waals surface area contributed by atoms with E-state index >= 15 is 0 Å². The molecule has 4 nitrogen and oxygen atoms in total. The van der Waals surface area contributed by atoms with Gasteiger partial charge >= 0.3 is 0 Å². The third kappa shape index (κ3) is 2.64. The second-order valence-corrected chi connectivity index (χ2v) is 5.53. The van der Waals surface area contributed by atoms with Crippen molar-refractivity contribution in [3.05, 3.63) is 12.7 Å². The van der Waals surface area contributed by atoms with Gasteiger partial charge < -0.3 is 9.63 Å². The van der Waals surface area contributed by atoms with Gasteiger partial charge in [0.2, 0.25) is 0 Å². The van der Waals surface area contributed by atoms with Crippen LogP contribution in [0, 0.1) is 0 Å². The van der Waals surface area contributed by atoms with E-state index in [2.05, 4.69) is 11.7 Å². The third-order valence-corrected chi connectivity index (χ3v) is 4.32. The molecule has 0 amide bonds. The molecule has 0 unspecified atom stereocenters. The Morgan fingerprint density at radius 2 is 2.62 bits per heavy atom. The van der Waals surface area contributed by atoms with Crippen LogP contribution in [0.2, 0.25) is 0 Å². The highest BCUT2D eigenvalue weighted by Gasteiger charge is 2.36. The molecule has 3 atom stereocenters. The Morgan fingerprint density at radius 3 is 3.15 bits per heavy atom. The van der Waals surface area contributed by atoms with Crippen molar-refractivity contribution in [2.45, 2.75) is 31.7 Å². The minimum atomic E-state index is -3.04. The van der Waals surface area contributed by atoms with E-state index in [-0.39, 0.29) is 12.5 Å². The minimum absolute atomic E-state index is 0.0495. The van der Waals surface area contributed by atoms with Crippen molar-refractivity contribution in [1.82, 2.24) is 5.09 Å². The van der Waals surface area contributed by atoms with E-state index < -0.39 is 13.4 Å². The van der Waals surface area contributed by atoms with Crippen molar-refractivity contribution < 1.29 is 14.2 Å². The molecule has 1 saturated heterocycles. The Morgan fingerprint density at radius 1 is 1.92 bits per heavy atom. The molecule has 0 radical (unpaired) electrons. The standard InChI is InChI=1S/C8H16NO3P/c1-3-4-8(10)13(11)9-6-5-7(2)12-13/h3,7-8,10H,1,4-6H2,2H3,(H,9,11)/t7-,8-,13+/m0/s1. The summed E-state index contributed by atoms with van der Waals surface area (Å²) in [5.74, 6) is -0.965. The lowest BCUT2D eigenvalue weighted by atomic mass is 10.3. The first-order valence-corrected chi connectivity index (χ1v) is 6.10. The average molecular weight is 205 g/mol. The third-order valence-electron chi connectivity index (χ3n) is 1.99. The summed E-state index contributed by atoms with van der Waals surface area (Å²) in [6.45, 7) is 5.97. The zero-order chi connectivity index (χ0) is 9.90. The molecular weight excluding hydrogens is 189 g/mol. The largest absolute Gasteiger partial charge is 0.381 e. The molecule has 0 aromatic rings. The Kier molecular flexibility index (Phi) is 3.68. The molecule has 1 rings (SSSR count). The summed E-state index contributed by atoms with van der Waals surface area (Å²) < 4.78 is 17.1. The van der Waals surface area contributed by atoms with E-state index in [0.717, 1.165) is 6.42 Å². The summed E-state index contributed by atoms with van der Waals surface area (Å²) in [6, 6.07) is 0. The average Bonchev–Trinajstić information content (AvgIpc) is 2.04. The van der Waals surface area contributed by atoms with Crippen LogP contribution in [0.4, 0.5) is 0 Å². The van der Waals surface area contributed by atoms with E-state index in [9.17, 15) is 9.67 Å². The van der Waals surface area contributed by atoms with Crippen LogP contribution in [-0.4, -0.2) is 23.6 Å². The van der Waals surface area contributed by atoms with Gasteiger partial charge in [0, 0.05) is 13.0 Å². The van der Waals surface area contributed by atoms with Crippen LogP contribution in [-0.2, 0) is 9.09 Å². The summed E-state index contributed by atoms with van der Waals surface area (Å²) in [6.07, 6.45) is 2.60. The van der Waals surface area contributed by atoms with Gasteiger partial charge in [0.1, 0.15) is 5.85 Å². The van der Waals surface area contributed by atoms with Crippen molar-refractivity contribution in [1.29, 1.82) is 0 Å². The first-order valence-electron chi connectivity index (χ1n) is 4.40. The molecule has 0 aromatic carbocycles. The normalized spacial score (nSPS) is 36.9. The maximum atomic E-state index is 11.9. The summed E-state index contributed by atoms with van der Waals surface area (Å²) in [5.41, 5.74) is 0. The lowest BCUT2D eigenvalue weighted by Crippen LogP contribution is -2.32. The van der Waals surface area contributed by atoms with E-state index in [1.54, 1.807) is 0 Å². The first kappa shape index (κ1) is 10.9. The molecule has 76 valence electrons. The highest BCUT2D eigenvalue weighted by Crippen LogP contribution is 2.51. The van der Waals surface area contributed by atoms with Crippen molar-refractivity contribution in [2.24, 2.45) is 0 Å². The van der Waals surface area contributed by atoms with Crippen LogP contribution >= 0.6 is 7.52 Å². The van der Waals surface area contributed by atoms with Crippen LogP contribution in [0.5, 0.6) is 0 Å². The van der Waals surface area contributed by atoms with Gasteiger partial charge in [0.15, 0.2) is 0 Å². The summed E-state index contributed by atoms with van der Waals surface area (Å²) in [5, 5.41) is 12.3. The fourth-order valence-electron chi connectivity index (χ4n) is 1.24. The van der Waals surface area contributed by atoms with E-state index in [1.165, 1.54) is 6.08 Å². The number of aliphatic hydroxyl groups excluding tert-OH is 1. The van der Waals surface area contributed by atoms with Crippen molar-refractivity contribution in [3.63, 3.8) is 0 Å². The van der Waals surface area contributed by atoms with E-state index in [4.69, 9.17) is 4.52 Å². The predicted octanol–water partition coefficient (Wildman–Crippen LogP) is 1.47. The maximum absolute atomic E-state index is 11.9. The molecule has 1 aliphatic heterocycles. The molecule has 0 spiro atoms. The molecule has 2 N–H and O–H groups in total. The fourth-order valence-corrected chi connectivity index (χ4v) is 3.18. The zero-order valence-electron chi connectivity index (χ0n) is 7.77. The molecule has 0 aliphatic carbocycles. The smallest absolute Gasteiger partial charge is 0.298 e. The topological polar surface area (TPSA) is 58.6 Å². The quantitative estimate of drug-likeness (QED) is 0.541. The Labute approximate surface area is 78.5 Å². The maximum Gasteiger partial charge on any atom is 0.298 e. The lowest BCUT2D eigenvalue weighted by Gasteiger charge is -2.31. The highest BCUT2D eigenvalue weighted by molar-refractivity contribution is 7.57. The van der Waals surface area contributed by atoms with Crippen LogP contribution in [0.15, 0.2) is 12.7 Å². The van der Waals surface area contributed by atoms with Gasteiger partial charge in [0.05, 0.1) is 6.10 Å². The van der Waals surface area contributed by atoms with Gasteiger partial charge in [-0.25, -0.2) is 5.09 Å². The minimum Gasteiger partial charge on any atom is -0.381 e. The summed E-state index contributed by atoms with van der Waals surface area (Å²) in [4.78, 5) is 0. The zero-order valence-corrected chi connectivity index (χ0v) is 8.67. The Hall–Kier alpha value is -0.150. The van der Waals surface area contributed by atoms with E-state index in [0.29, 0.717) is 6.54 Å². The number of rotatable bonds is 3. The molecule has 1 fully saturated rings. The van der Waals surface area contributed by atoms with Gasteiger partial charge in [0.25, 0.3) is 7.52 Å². The Balaban J connectivity index is 2.63. The van der Waals surface area contributed by atoms with Gasteiger partial charge in [-0.3, -0.25) is 4.57 Å². The summed E-state index contributed by atoms with van der Waals surface area (Å²) in [7, 11) is -3.04. The van der Waals surface area contributed by atoms with Crippen molar-refractivity contribution in [2.75, 3.05) is 6.54 Å². The van der Waals surface area contributed by atoms with Crippen LogP contribution < -0.4 is 5.09 Å². The van der Waals surface area contributed by atoms with Crippen LogP contribution in [0.25, 0.3) is 0 Å². The molecule has 1 heterocycles. The molecule has 13 heavy (non-hydrogen) atoms. The Bertz CT molecular complexity index is 231. The second kappa shape index (κ2) is 4.38. The predicted molar refractivity (Wildman–Crippen MR) is 51.6 cm³/mol.